The van der Waals surface area contributed by atoms with Crippen LogP contribution in [0, 0.1) is 6.34 Å². The van der Waals surface area contributed by atoms with Gasteiger partial charge in [-0.3, -0.25) is 0 Å². The van der Waals surface area contributed by atoms with Gasteiger partial charge in [-0.05, 0) is 12.1 Å². The van der Waals surface area contributed by atoms with E-state index in [1.54, 1.807) is 6.34 Å². The van der Waals surface area contributed by atoms with Crippen molar-refractivity contribution in [2.45, 2.75) is 0 Å². The lowest BCUT2D eigenvalue weighted by atomic mass is 10.5. The van der Waals surface area contributed by atoms with Gasteiger partial charge in [0.25, 0.3) is 6.34 Å². The maximum Gasteiger partial charge on any atom is 0.291 e. The Bertz CT molecular complexity index is 294. The minimum absolute atomic E-state index is 1.14. The van der Waals surface area contributed by atoms with Crippen LogP contribution in [0.25, 0.3) is 6.20 Å². The fourth-order valence-corrected chi connectivity index (χ4v) is 0.865. The van der Waals surface area contributed by atoms with Crippen molar-refractivity contribution >= 4 is 6.20 Å². The molecule has 2 nitrogen and oxygen atoms in total. The monoisotopic (exact) mass is 118 g/mol. The molecule has 1 aromatic heterocycles. The summed E-state index contributed by atoms with van der Waals surface area (Å²) in [5.41, 5.74) is 0. The Morgan fingerprint density at radius 2 is 2.33 bits per heavy atom. The van der Waals surface area contributed by atoms with E-state index in [1.165, 1.54) is 0 Å². The predicted molar refractivity (Wildman–Crippen MR) is 32.6 cm³/mol. The summed E-state index contributed by atoms with van der Waals surface area (Å²) in [5.74, 6) is 0. The van der Waals surface area contributed by atoms with Crippen LogP contribution in [0.2, 0.25) is 0 Å². The summed E-state index contributed by atoms with van der Waals surface area (Å²) in [6, 6.07) is 6.00. The summed E-state index contributed by atoms with van der Waals surface area (Å²) in [7, 11) is 0. The largest absolute Gasteiger partial charge is 0.291 e. The van der Waals surface area contributed by atoms with E-state index in [0.717, 1.165) is 5.35 Å². The Kier molecular flexibility index (Phi) is 0.803. The summed E-state index contributed by atoms with van der Waals surface area (Å²) >= 11 is 0. The molecule has 0 N–H and O–H groups in total. The second kappa shape index (κ2) is 1.58. The normalized spacial score (nSPS) is 12.9. The average Bonchev–Trinajstić information content (AvgIpc) is 2.33. The van der Waals surface area contributed by atoms with Gasteiger partial charge in [0.2, 0.25) is 0 Å². The summed E-state index contributed by atoms with van der Waals surface area (Å²) in [5, 5.41) is 5.10. The molecule has 2 heteroatoms. The lowest BCUT2D eigenvalue weighted by molar-refractivity contribution is -0.522. The van der Waals surface area contributed by atoms with Crippen molar-refractivity contribution in [1.82, 2.24) is 5.32 Å². The van der Waals surface area contributed by atoms with Gasteiger partial charge in [-0.1, -0.05) is 11.4 Å². The van der Waals surface area contributed by atoms with E-state index in [4.69, 9.17) is 0 Å². The molecule has 0 bridgehead atoms. The molecule has 0 spiro atoms. The van der Waals surface area contributed by atoms with Crippen molar-refractivity contribution in [2.24, 2.45) is 0 Å². The van der Waals surface area contributed by atoms with Crippen LogP contribution >= 0.6 is 0 Å². The van der Waals surface area contributed by atoms with Crippen molar-refractivity contribution in [3.05, 3.63) is 36.1 Å². The maximum absolute atomic E-state index is 3.96. The quantitative estimate of drug-likeness (QED) is 0.401. The van der Waals surface area contributed by atoms with Crippen molar-refractivity contribution in [3.63, 3.8) is 0 Å². The van der Waals surface area contributed by atoms with E-state index in [1.807, 2.05) is 34.8 Å². The molecule has 1 aromatic rings. The minimum atomic E-state index is 1.14. The molecule has 0 amide bonds. The Morgan fingerprint density at radius 1 is 1.33 bits per heavy atom. The number of hydrogen-bond acceptors (Lipinski definition) is 0. The topological polar surface area (TPSA) is 20.0 Å². The Hall–Kier alpha value is -1.31. The lowest BCUT2D eigenvalue weighted by Gasteiger charge is -1.74. The molecule has 1 aliphatic heterocycles. The van der Waals surface area contributed by atoms with Gasteiger partial charge in [-0.25, -0.2) is 0 Å². The summed E-state index contributed by atoms with van der Waals surface area (Å²) in [4.78, 5) is 0. The second-order valence-electron chi connectivity index (χ2n) is 1.93. The molecule has 0 saturated heterocycles. The van der Waals surface area contributed by atoms with Gasteiger partial charge in [-0.2, -0.15) is 4.24 Å². The van der Waals surface area contributed by atoms with E-state index in [2.05, 4.69) is 5.32 Å². The average molecular weight is 118 g/mol. The smallest absolute Gasteiger partial charge is 0.199 e. The number of aromatic nitrogens is 1. The van der Waals surface area contributed by atoms with Crippen LogP contribution in [0.4, 0.5) is 0 Å². The Balaban J connectivity index is 2.97. The fraction of sp³-hybridized carbons (Fsp3) is 0. The van der Waals surface area contributed by atoms with Crippen LogP contribution in [-0.4, -0.2) is 0 Å². The van der Waals surface area contributed by atoms with Crippen molar-refractivity contribution < 1.29 is 4.24 Å². The molecular weight excluding hydrogens is 112 g/mol. The molecule has 0 fully saturated rings. The third-order valence-electron chi connectivity index (χ3n) is 1.32. The zero-order valence-electron chi connectivity index (χ0n) is 4.86. The van der Waals surface area contributed by atoms with Gasteiger partial charge in [0, 0.05) is 0 Å². The SMILES string of the molecule is C1=c2cccc[n+]2=C[N]1. The highest BCUT2D eigenvalue weighted by Crippen LogP contribution is 1.71. The standard InChI is InChI=1S/C7H6N2/c1-2-4-9-6-8-5-7(9)3-1/h1-6H/q+1. The van der Waals surface area contributed by atoms with E-state index in [9.17, 15) is 0 Å². The first-order valence-corrected chi connectivity index (χ1v) is 2.83. The van der Waals surface area contributed by atoms with Crippen LogP contribution < -0.4 is 14.9 Å². The third kappa shape index (κ3) is 0.598. The highest BCUT2D eigenvalue weighted by atomic mass is 15.0. The van der Waals surface area contributed by atoms with Crippen molar-refractivity contribution in [3.8, 4) is 0 Å². The van der Waals surface area contributed by atoms with Gasteiger partial charge in [0.1, 0.15) is 0 Å². The molecule has 1 radical (unpaired) electrons. The fourth-order valence-electron chi connectivity index (χ4n) is 0.865. The lowest BCUT2D eigenvalue weighted by Crippen LogP contribution is -2.32. The Labute approximate surface area is 52.8 Å². The van der Waals surface area contributed by atoms with Gasteiger partial charge >= 0.3 is 0 Å². The number of pyridine rings is 1. The zero-order chi connectivity index (χ0) is 6.10. The maximum atomic E-state index is 3.96. The first-order chi connectivity index (χ1) is 4.47. The molecule has 9 heavy (non-hydrogen) atoms. The molecule has 1 aliphatic rings. The van der Waals surface area contributed by atoms with Crippen LogP contribution in [0.15, 0.2) is 24.4 Å². The van der Waals surface area contributed by atoms with Crippen molar-refractivity contribution in [1.29, 1.82) is 0 Å². The number of fused-ring (bicyclic) bond motifs is 1. The molecule has 0 atom stereocenters. The number of rotatable bonds is 0. The minimum Gasteiger partial charge on any atom is -0.199 e. The Morgan fingerprint density at radius 3 is 3.22 bits per heavy atom. The second-order valence-corrected chi connectivity index (χ2v) is 1.93. The summed E-state index contributed by atoms with van der Waals surface area (Å²) < 4.78 is 1.97. The summed E-state index contributed by atoms with van der Waals surface area (Å²) in [6.45, 7) is 0. The van der Waals surface area contributed by atoms with E-state index in [0.29, 0.717) is 0 Å². The first-order valence-electron chi connectivity index (χ1n) is 2.83. The summed E-state index contributed by atoms with van der Waals surface area (Å²) in [6.07, 6.45) is 5.59. The van der Waals surface area contributed by atoms with Crippen molar-refractivity contribution in [2.75, 3.05) is 0 Å². The first kappa shape index (κ1) is 4.56. The van der Waals surface area contributed by atoms with E-state index >= 15 is 0 Å². The number of nitrogens with zero attached hydrogens (tertiary/aromatic N) is 2. The van der Waals surface area contributed by atoms with E-state index < -0.39 is 0 Å². The van der Waals surface area contributed by atoms with E-state index in [-0.39, 0.29) is 0 Å². The van der Waals surface area contributed by atoms with Gasteiger partial charge in [0.15, 0.2) is 11.5 Å². The molecular formula is C7H6N2+. The number of hydrogen-bond donors (Lipinski definition) is 0. The highest BCUT2D eigenvalue weighted by Gasteiger charge is 1.98. The molecule has 2 heterocycles. The highest BCUT2D eigenvalue weighted by molar-refractivity contribution is 5.14. The van der Waals surface area contributed by atoms with Crippen LogP contribution in [0.5, 0.6) is 0 Å². The van der Waals surface area contributed by atoms with Gasteiger partial charge < -0.3 is 0 Å². The molecule has 0 aromatic carbocycles. The van der Waals surface area contributed by atoms with Gasteiger partial charge in [0.05, 0.1) is 6.20 Å². The third-order valence-corrected chi connectivity index (χ3v) is 1.32. The predicted octanol–water partition coefficient (Wildman–Crippen LogP) is -0.703. The molecule has 0 saturated carbocycles. The van der Waals surface area contributed by atoms with Crippen LogP contribution in [-0.2, 0) is 0 Å². The zero-order valence-corrected chi connectivity index (χ0v) is 4.86. The molecule has 43 valence electrons. The molecule has 2 rings (SSSR count). The van der Waals surface area contributed by atoms with Crippen LogP contribution in [0.3, 0.4) is 0 Å². The van der Waals surface area contributed by atoms with Gasteiger partial charge in [-0.15, -0.1) is 0 Å². The molecule has 0 aliphatic carbocycles. The van der Waals surface area contributed by atoms with Crippen LogP contribution in [0.1, 0.15) is 0 Å². The molecule has 0 unspecified atom stereocenters.